The van der Waals surface area contributed by atoms with E-state index in [1.165, 1.54) is 21.1 Å². The number of benzene rings is 2. The van der Waals surface area contributed by atoms with Crippen molar-refractivity contribution in [1.82, 2.24) is 5.32 Å². The van der Waals surface area contributed by atoms with E-state index >= 15 is 0 Å². The lowest BCUT2D eigenvalue weighted by Crippen LogP contribution is -2.36. The molecule has 2 rings (SSSR count). The summed E-state index contributed by atoms with van der Waals surface area (Å²) in [6, 6.07) is 11.3. The number of hydrogen-bond acceptors (Lipinski definition) is 5. The third-order valence-electron chi connectivity index (χ3n) is 3.90. The zero-order chi connectivity index (χ0) is 20.7. The molecule has 0 aromatic heterocycles. The molecule has 0 aliphatic rings. The third-order valence-corrected chi connectivity index (χ3v) is 3.90. The first-order valence-electron chi connectivity index (χ1n) is 8.55. The van der Waals surface area contributed by atoms with Crippen molar-refractivity contribution in [3.63, 3.8) is 0 Å². The third kappa shape index (κ3) is 5.47. The van der Waals surface area contributed by atoms with Crippen LogP contribution >= 0.6 is 0 Å². The van der Waals surface area contributed by atoms with E-state index in [-0.39, 0.29) is 5.91 Å². The highest BCUT2D eigenvalue weighted by molar-refractivity contribution is 6.39. The van der Waals surface area contributed by atoms with Gasteiger partial charge in [-0.3, -0.25) is 14.4 Å². The first kappa shape index (κ1) is 20.8. The molecular weight excluding hydrogens is 362 g/mol. The predicted molar refractivity (Wildman–Crippen MR) is 105 cm³/mol. The maximum atomic E-state index is 12.2. The van der Waals surface area contributed by atoms with Gasteiger partial charge in [-0.05, 0) is 42.8 Å². The van der Waals surface area contributed by atoms with Crippen molar-refractivity contribution >= 4 is 29.1 Å². The number of hydrogen-bond donors (Lipinski definition) is 3. The predicted octanol–water partition coefficient (Wildman–Crippen LogP) is 2.48. The Hall–Kier alpha value is -3.55. The van der Waals surface area contributed by atoms with Gasteiger partial charge in [0.1, 0.15) is 0 Å². The Labute approximate surface area is 163 Å². The number of carbonyl (C=O) groups excluding carboxylic acids is 3. The Morgan fingerprint density at radius 2 is 1.50 bits per heavy atom. The average molecular weight is 385 g/mol. The van der Waals surface area contributed by atoms with Gasteiger partial charge in [0.2, 0.25) is 5.91 Å². The topological polar surface area (TPSA) is 106 Å². The van der Waals surface area contributed by atoms with Crippen LogP contribution in [0.3, 0.4) is 0 Å². The second-order valence-corrected chi connectivity index (χ2v) is 6.03. The van der Waals surface area contributed by atoms with Crippen LogP contribution in [0.1, 0.15) is 25.5 Å². The summed E-state index contributed by atoms with van der Waals surface area (Å²) in [6.45, 7) is 3.14. The maximum Gasteiger partial charge on any atom is 0.313 e. The van der Waals surface area contributed by atoms with E-state index in [1.54, 1.807) is 49.4 Å². The van der Waals surface area contributed by atoms with Crippen LogP contribution in [-0.4, -0.2) is 31.9 Å². The standard InChI is InChI=1S/C20H23N3O5/c1-12(14-8-9-17(27-3)18(10-14)28-4)21-19(25)20(26)23-16-7-5-6-15(11-16)22-13(2)24/h5-12H,1-4H3,(H,21,25)(H,22,24)(H,23,26). The van der Waals surface area contributed by atoms with Gasteiger partial charge < -0.3 is 25.4 Å². The van der Waals surface area contributed by atoms with Crippen LogP contribution in [0.25, 0.3) is 0 Å². The van der Waals surface area contributed by atoms with Crippen molar-refractivity contribution in [3.05, 3.63) is 48.0 Å². The van der Waals surface area contributed by atoms with Gasteiger partial charge in [0.25, 0.3) is 0 Å². The van der Waals surface area contributed by atoms with E-state index < -0.39 is 17.9 Å². The van der Waals surface area contributed by atoms with E-state index in [0.29, 0.717) is 22.9 Å². The van der Waals surface area contributed by atoms with Crippen LogP contribution in [0.15, 0.2) is 42.5 Å². The summed E-state index contributed by atoms with van der Waals surface area (Å²) in [6.07, 6.45) is 0. The van der Waals surface area contributed by atoms with E-state index in [4.69, 9.17) is 9.47 Å². The van der Waals surface area contributed by atoms with Crippen molar-refractivity contribution in [1.29, 1.82) is 0 Å². The number of ether oxygens (including phenoxy) is 2. The Balaban J connectivity index is 2.02. The first-order chi connectivity index (χ1) is 13.3. The molecule has 0 saturated carbocycles. The highest BCUT2D eigenvalue weighted by Crippen LogP contribution is 2.29. The summed E-state index contributed by atoms with van der Waals surface area (Å²) >= 11 is 0. The molecule has 0 fully saturated rings. The normalized spacial score (nSPS) is 11.1. The number of carbonyl (C=O) groups is 3. The molecule has 2 aromatic rings. The van der Waals surface area contributed by atoms with E-state index in [0.717, 1.165) is 5.56 Å². The molecule has 8 heteroatoms. The second kappa shape index (κ2) is 9.40. The summed E-state index contributed by atoms with van der Waals surface area (Å²) in [5.74, 6) is -0.730. The highest BCUT2D eigenvalue weighted by Gasteiger charge is 2.18. The molecule has 148 valence electrons. The minimum atomic E-state index is -0.813. The van der Waals surface area contributed by atoms with Gasteiger partial charge in [0.05, 0.1) is 20.3 Å². The van der Waals surface area contributed by atoms with Gasteiger partial charge in [-0.15, -0.1) is 0 Å². The lowest BCUT2D eigenvalue weighted by molar-refractivity contribution is -0.136. The van der Waals surface area contributed by atoms with Crippen molar-refractivity contribution in [3.8, 4) is 11.5 Å². The van der Waals surface area contributed by atoms with Gasteiger partial charge in [0, 0.05) is 18.3 Å². The summed E-state index contributed by atoms with van der Waals surface area (Å²) in [5.41, 5.74) is 1.67. The zero-order valence-corrected chi connectivity index (χ0v) is 16.2. The van der Waals surface area contributed by atoms with Crippen LogP contribution < -0.4 is 25.4 Å². The monoisotopic (exact) mass is 385 g/mol. The zero-order valence-electron chi connectivity index (χ0n) is 16.2. The van der Waals surface area contributed by atoms with Gasteiger partial charge in [-0.2, -0.15) is 0 Å². The Morgan fingerprint density at radius 1 is 0.857 bits per heavy atom. The summed E-state index contributed by atoms with van der Waals surface area (Å²) in [4.78, 5) is 35.5. The fourth-order valence-corrected chi connectivity index (χ4v) is 2.53. The maximum absolute atomic E-state index is 12.2. The highest BCUT2D eigenvalue weighted by atomic mass is 16.5. The lowest BCUT2D eigenvalue weighted by atomic mass is 10.1. The Morgan fingerprint density at radius 3 is 2.11 bits per heavy atom. The molecule has 0 aliphatic carbocycles. The molecule has 0 bridgehead atoms. The molecule has 1 atom stereocenters. The van der Waals surface area contributed by atoms with Gasteiger partial charge in [-0.1, -0.05) is 12.1 Å². The SMILES string of the molecule is COc1ccc(C(C)NC(=O)C(=O)Nc2cccc(NC(C)=O)c2)cc1OC. The summed E-state index contributed by atoms with van der Waals surface area (Å²) < 4.78 is 10.4. The van der Waals surface area contributed by atoms with Crippen molar-refractivity contribution in [2.75, 3.05) is 24.9 Å². The summed E-state index contributed by atoms with van der Waals surface area (Å²) in [7, 11) is 3.06. The molecular formula is C20H23N3O5. The largest absolute Gasteiger partial charge is 0.493 e. The molecule has 2 aromatic carbocycles. The molecule has 1 unspecified atom stereocenters. The van der Waals surface area contributed by atoms with Crippen molar-refractivity contribution in [2.24, 2.45) is 0 Å². The number of methoxy groups -OCH3 is 2. The van der Waals surface area contributed by atoms with Crippen LogP contribution in [0.2, 0.25) is 0 Å². The van der Waals surface area contributed by atoms with Crippen LogP contribution in [-0.2, 0) is 14.4 Å². The van der Waals surface area contributed by atoms with Gasteiger partial charge in [0.15, 0.2) is 11.5 Å². The molecule has 0 radical (unpaired) electrons. The lowest BCUT2D eigenvalue weighted by Gasteiger charge is -2.16. The van der Waals surface area contributed by atoms with E-state index in [2.05, 4.69) is 16.0 Å². The van der Waals surface area contributed by atoms with Crippen molar-refractivity contribution in [2.45, 2.75) is 19.9 Å². The van der Waals surface area contributed by atoms with Crippen LogP contribution in [0.4, 0.5) is 11.4 Å². The number of nitrogens with one attached hydrogen (secondary N) is 3. The van der Waals surface area contributed by atoms with Gasteiger partial charge >= 0.3 is 11.8 Å². The Bertz CT molecular complexity index is 882. The molecule has 0 saturated heterocycles. The first-order valence-corrected chi connectivity index (χ1v) is 8.55. The number of rotatable bonds is 6. The molecule has 3 amide bonds. The minimum absolute atomic E-state index is 0.232. The van der Waals surface area contributed by atoms with E-state index in [1.807, 2.05) is 0 Å². The molecule has 0 heterocycles. The smallest absolute Gasteiger partial charge is 0.313 e. The molecule has 28 heavy (non-hydrogen) atoms. The second-order valence-electron chi connectivity index (χ2n) is 6.03. The average Bonchev–Trinajstić information content (AvgIpc) is 2.66. The molecule has 0 aliphatic heterocycles. The fourth-order valence-electron chi connectivity index (χ4n) is 2.53. The van der Waals surface area contributed by atoms with Crippen LogP contribution in [0.5, 0.6) is 11.5 Å². The summed E-state index contributed by atoms with van der Waals surface area (Å²) in [5, 5.41) is 7.75. The molecule has 0 spiro atoms. The van der Waals surface area contributed by atoms with E-state index in [9.17, 15) is 14.4 Å². The van der Waals surface area contributed by atoms with Crippen LogP contribution in [0, 0.1) is 0 Å². The quantitative estimate of drug-likeness (QED) is 0.663. The number of amides is 3. The van der Waals surface area contributed by atoms with Crippen molar-refractivity contribution < 1.29 is 23.9 Å². The fraction of sp³-hybridized carbons (Fsp3) is 0.250. The number of anilines is 2. The Kier molecular flexibility index (Phi) is 6.97. The van der Waals surface area contributed by atoms with Gasteiger partial charge in [-0.25, -0.2) is 0 Å². The minimum Gasteiger partial charge on any atom is -0.493 e. The molecule has 3 N–H and O–H groups in total. The molecule has 8 nitrogen and oxygen atoms in total.